The molecule has 0 aromatic carbocycles. The quantitative estimate of drug-likeness (QED) is 0.570. The fraction of sp³-hybridized carbons (Fsp3) is 0.143. The van der Waals surface area contributed by atoms with E-state index in [0.29, 0.717) is 0 Å². The Hall–Kier alpha value is -0.290. The van der Waals surface area contributed by atoms with Gasteiger partial charge in [0.05, 0.1) is 11.1 Å². The van der Waals surface area contributed by atoms with Crippen LogP contribution in [0.5, 0.6) is 0 Å². The van der Waals surface area contributed by atoms with Crippen LogP contribution in [0.3, 0.4) is 0 Å². The Labute approximate surface area is 95.2 Å². The van der Waals surface area contributed by atoms with Gasteiger partial charge >= 0.3 is 0 Å². The molecule has 0 N–H and O–H groups in total. The van der Waals surface area contributed by atoms with E-state index in [1.165, 1.54) is 6.20 Å². The Morgan fingerprint density at radius 1 is 1.62 bits per heavy atom. The third-order valence-corrected chi connectivity index (χ3v) is 3.13. The first kappa shape index (κ1) is 10.8. The highest BCUT2D eigenvalue weighted by atomic mass is 127. The number of aromatic nitrogens is 1. The van der Waals surface area contributed by atoms with Gasteiger partial charge in [-0.1, -0.05) is 0 Å². The molecule has 2 nitrogen and oxygen atoms in total. The minimum atomic E-state index is -2.62. The monoisotopic (exact) mass is 358 g/mol. The van der Waals surface area contributed by atoms with Crippen LogP contribution < -0.4 is 0 Å². The summed E-state index contributed by atoms with van der Waals surface area (Å²) in [6.45, 7) is 0. The Kier molecular flexibility index (Phi) is 3.55. The second kappa shape index (κ2) is 4.28. The van der Waals surface area contributed by atoms with Gasteiger partial charge in [0.1, 0.15) is 10.7 Å². The molecule has 0 fully saturated rings. The van der Waals surface area contributed by atoms with Crippen molar-refractivity contribution in [2.24, 2.45) is 0 Å². The lowest BCUT2D eigenvalue weighted by Gasteiger charge is -2.05. The van der Waals surface area contributed by atoms with E-state index in [-0.39, 0.29) is 19.3 Å². The minimum absolute atomic E-state index is 0.0888. The average Bonchev–Trinajstić information content (AvgIpc) is 2.04. The number of halogens is 4. The number of nitriles is 1. The van der Waals surface area contributed by atoms with Crippen LogP contribution in [0.4, 0.5) is 8.78 Å². The molecule has 1 aromatic rings. The Balaban J connectivity index is 3.41. The van der Waals surface area contributed by atoms with Crippen LogP contribution in [0.1, 0.15) is 17.6 Å². The number of rotatable bonds is 1. The predicted octanol–water partition coefficient (Wildman–Crippen LogP) is 3.26. The van der Waals surface area contributed by atoms with Gasteiger partial charge in [-0.05, 0) is 38.5 Å². The molecule has 0 amide bonds. The molecule has 0 aliphatic carbocycles. The lowest BCUT2D eigenvalue weighted by Crippen LogP contribution is -1.97. The second-order valence-electron chi connectivity index (χ2n) is 2.10. The summed E-state index contributed by atoms with van der Waals surface area (Å²) in [6.07, 6.45) is -1.36. The summed E-state index contributed by atoms with van der Waals surface area (Å²) in [4.78, 5) is 3.64. The molecule has 68 valence electrons. The van der Waals surface area contributed by atoms with Gasteiger partial charge in [-0.2, -0.15) is 5.26 Å². The lowest BCUT2D eigenvalue weighted by atomic mass is 10.2. The fourth-order valence-corrected chi connectivity index (χ4v) is 2.34. The molecule has 0 radical (unpaired) electrons. The SMILES string of the molecule is N#Cc1cnc(Br)c(C(F)F)c1I. The largest absolute Gasteiger partial charge is 0.267 e. The zero-order valence-electron chi connectivity index (χ0n) is 6.06. The molecule has 0 atom stereocenters. The maximum atomic E-state index is 12.4. The average molecular weight is 359 g/mol. The molecular weight excluding hydrogens is 357 g/mol. The van der Waals surface area contributed by atoms with Gasteiger partial charge < -0.3 is 0 Å². The van der Waals surface area contributed by atoms with Gasteiger partial charge in [-0.3, -0.25) is 0 Å². The summed E-state index contributed by atoms with van der Waals surface area (Å²) in [5, 5.41) is 8.56. The Morgan fingerprint density at radius 2 is 2.23 bits per heavy atom. The number of hydrogen-bond donors (Lipinski definition) is 0. The molecule has 6 heteroatoms. The molecular formula is C7H2BrF2IN2. The van der Waals surface area contributed by atoms with Crippen molar-refractivity contribution in [3.63, 3.8) is 0 Å². The van der Waals surface area contributed by atoms with Crippen molar-refractivity contribution in [1.82, 2.24) is 4.98 Å². The first-order valence-corrected chi connectivity index (χ1v) is 4.97. The zero-order valence-corrected chi connectivity index (χ0v) is 9.80. The molecule has 0 aliphatic heterocycles. The van der Waals surface area contributed by atoms with Crippen molar-refractivity contribution in [1.29, 1.82) is 5.26 Å². The predicted molar refractivity (Wildman–Crippen MR) is 54.3 cm³/mol. The minimum Gasteiger partial charge on any atom is -0.247 e. The van der Waals surface area contributed by atoms with Crippen LogP contribution in [-0.2, 0) is 0 Å². The van der Waals surface area contributed by atoms with Crippen molar-refractivity contribution < 1.29 is 8.78 Å². The number of hydrogen-bond acceptors (Lipinski definition) is 2. The van der Waals surface area contributed by atoms with Crippen LogP contribution in [-0.4, -0.2) is 4.98 Å². The summed E-state index contributed by atoms with van der Waals surface area (Å²) in [7, 11) is 0. The van der Waals surface area contributed by atoms with Crippen LogP contribution >= 0.6 is 38.5 Å². The van der Waals surface area contributed by atoms with Gasteiger partial charge in [0.2, 0.25) is 0 Å². The lowest BCUT2D eigenvalue weighted by molar-refractivity contribution is 0.149. The van der Waals surface area contributed by atoms with E-state index in [9.17, 15) is 8.78 Å². The van der Waals surface area contributed by atoms with Gasteiger partial charge in [0, 0.05) is 9.77 Å². The first-order chi connectivity index (χ1) is 6.07. The molecule has 1 aromatic heterocycles. The molecule has 13 heavy (non-hydrogen) atoms. The summed E-state index contributed by atoms with van der Waals surface area (Å²) in [5.74, 6) is 0. The van der Waals surface area contributed by atoms with Crippen molar-refractivity contribution >= 4 is 38.5 Å². The van der Waals surface area contributed by atoms with E-state index in [2.05, 4.69) is 20.9 Å². The number of pyridine rings is 1. The van der Waals surface area contributed by atoms with Crippen LogP contribution in [0.2, 0.25) is 0 Å². The molecule has 0 saturated heterocycles. The first-order valence-electron chi connectivity index (χ1n) is 3.10. The molecule has 1 rings (SSSR count). The van der Waals surface area contributed by atoms with Crippen molar-refractivity contribution in [3.05, 3.63) is 25.5 Å². The highest BCUT2D eigenvalue weighted by molar-refractivity contribution is 14.1. The highest BCUT2D eigenvalue weighted by Gasteiger charge is 2.19. The van der Waals surface area contributed by atoms with Gasteiger partial charge in [0.15, 0.2) is 0 Å². The summed E-state index contributed by atoms with van der Waals surface area (Å²) < 4.78 is 25.2. The standard InChI is InChI=1S/C7H2BrF2IN2/c8-6-4(7(9)10)5(11)3(1-12)2-13-6/h2,7H. The smallest absolute Gasteiger partial charge is 0.247 e. The van der Waals surface area contributed by atoms with Crippen molar-refractivity contribution in [2.75, 3.05) is 0 Å². The van der Waals surface area contributed by atoms with Crippen LogP contribution in [0, 0.1) is 14.9 Å². The molecule has 1 heterocycles. The molecule has 0 unspecified atom stereocenters. The number of alkyl halides is 2. The van der Waals surface area contributed by atoms with E-state index < -0.39 is 6.43 Å². The van der Waals surface area contributed by atoms with E-state index in [4.69, 9.17) is 5.26 Å². The van der Waals surface area contributed by atoms with E-state index in [1.54, 1.807) is 28.7 Å². The summed E-state index contributed by atoms with van der Waals surface area (Å²) >= 11 is 4.62. The maximum Gasteiger partial charge on any atom is 0.267 e. The maximum absolute atomic E-state index is 12.4. The topological polar surface area (TPSA) is 36.7 Å². The van der Waals surface area contributed by atoms with Gasteiger partial charge in [0.25, 0.3) is 6.43 Å². The second-order valence-corrected chi connectivity index (χ2v) is 3.93. The normalized spacial score (nSPS) is 10.2. The Bertz CT molecular complexity index is 375. The van der Waals surface area contributed by atoms with Crippen LogP contribution in [0.25, 0.3) is 0 Å². The highest BCUT2D eigenvalue weighted by Crippen LogP contribution is 2.31. The zero-order chi connectivity index (χ0) is 10.0. The molecule has 0 bridgehead atoms. The third-order valence-electron chi connectivity index (χ3n) is 1.34. The van der Waals surface area contributed by atoms with Gasteiger partial charge in [-0.25, -0.2) is 13.8 Å². The van der Waals surface area contributed by atoms with E-state index >= 15 is 0 Å². The molecule has 0 saturated carbocycles. The molecule has 0 spiro atoms. The van der Waals surface area contributed by atoms with Crippen molar-refractivity contribution in [2.45, 2.75) is 6.43 Å². The van der Waals surface area contributed by atoms with E-state index in [0.717, 1.165) is 0 Å². The van der Waals surface area contributed by atoms with Crippen LogP contribution in [0.15, 0.2) is 10.8 Å². The fourth-order valence-electron chi connectivity index (χ4n) is 0.747. The number of nitrogens with zero attached hydrogens (tertiary/aromatic N) is 2. The molecule has 0 aliphatic rings. The summed E-state index contributed by atoms with van der Waals surface area (Å²) in [5.41, 5.74) is -0.0567. The Morgan fingerprint density at radius 3 is 2.69 bits per heavy atom. The van der Waals surface area contributed by atoms with E-state index in [1.807, 2.05) is 0 Å². The summed E-state index contributed by atoms with van der Waals surface area (Å²) in [6, 6.07) is 1.79. The van der Waals surface area contributed by atoms with Crippen molar-refractivity contribution in [3.8, 4) is 6.07 Å². The van der Waals surface area contributed by atoms with Gasteiger partial charge in [-0.15, -0.1) is 0 Å². The third kappa shape index (κ3) is 2.14.